The van der Waals surface area contributed by atoms with Gasteiger partial charge >= 0.3 is 12.1 Å². The molecule has 0 saturated heterocycles. The molecule has 1 atom stereocenters. The standard InChI is InChI=1S/C12H18F3NO3/c1-4-10-16(6-5-12(13,14)15)9(7-18-10)11(17)19-8(2)3/h7-8,10H,4-6H2,1-3H3. The van der Waals surface area contributed by atoms with Crippen LogP contribution < -0.4 is 0 Å². The van der Waals surface area contributed by atoms with Crippen molar-refractivity contribution < 1.29 is 27.4 Å². The number of carbonyl (C=O) groups excluding carboxylic acids is 1. The lowest BCUT2D eigenvalue weighted by atomic mass is 10.3. The van der Waals surface area contributed by atoms with E-state index >= 15 is 0 Å². The number of hydrogen-bond donors (Lipinski definition) is 0. The summed E-state index contributed by atoms with van der Waals surface area (Å²) in [4.78, 5) is 13.1. The summed E-state index contributed by atoms with van der Waals surface area (Å²) in [6.07, 6.45) is -4.49. The van der Waals surface area contributed by atoms with Gasteiger partial charge in [-0.15, -0.1) is 0 Å². The first kappa shape index (κ1) is 15.7. The monoisotopic (exact) mass is 281 g/mol. The van der Waals surface area contributed by atoms with Gasteiger partial charge in [0, 0.05) is 13.0 Å². The molecule has 0 saturated carbocycles. The van der Waals surface area contributed by atoms with E-state index in [-0.39, 0.29) is 18.3 Å². The summed E-state index contributed by atoms with van der Waals surface area (Å²) in [5, 5.41) is 0. The van der Waals surface area contributed by atoms with Gasteiger partial charge in [0.2, 0.25) is 0 Å². The first-order chi connectivity index (χ1) is 8.74. The molecule has 0 radical (unpaired) electrons. The molecule has 4 nitrogen and oxygen atoms in total. The highest BCUT2D eigenvalue weighted by Crippen LogP contribution is 2.27. The Morgan fingerprint density at radius 1 is 1.53 bits per heavy atom. The molecule has 110 valence electrons. The van der Waals surface area contributed by atoms with Crippen molar-refractivity contribution in [1.82, 2.24) is 4.90 Å². The van der Waals surface area contributed by atoms with Crippen LogP contribution in [-0.4, -0.2) is 35.9 Å². The second-order valence-corrected chi connectivity index (χ2v) is 4.51. The molecule has 19 heavy (non-hydrogen) atoms. The van der Waals surface area contributed by atoms with Crippen LogP contribution in [0.3, 0.4) is 0 Å². The van der Waals surface area contributed by atoms with Crippen molar-refractivity contribution in [3.63, 3.8) is 0 Å². The fourth-order valence-corrected chi connectivity index (χ4v) is 1.71. The van der Waals surface area contributed by atoms with Crippen LogP contribution in [0, 0.1) is 0 Å². The van der Waals surface area contributed by atoms with Gasteiger partial charge in [-0.1, -0.05) is 6.92 Å². The number of nitrogens with zero attached hydrogens (tertiary/aromatic N) is 1. The Bertz CT molecular complexity index is 353. The molecule has 0 aromatic carbocycles. The molecule has 1 unspecified atom stereocenters. The summed E-state index contributed by atoms with van der Waals surface area (Å²) < 4.78 is 47.0. The van der Waals surface area contributed by atoms with Crippen LogP contribution >= 0.6 is 0 Å². The Labute approximate surface area is 110 Å². The zero-order chi connectivity index (χ0) is 14.6. The normalized spacial score (nSPS) is 19.4. The average Bonchev–Trinajstić information content (AvgIpc) is 2.67. The number of esters is 1. The second-order valence-electron chi connectivity index (χ2n) is 4.51. The van der Waals surface area contributed by atoms with Gasteiger partial charge in [-0.25, -0.2) is 4.79 Å². The van der Waals surface area contributed by atoms with E-state index in [2.05, 4.69) is 0 Å². The molecule has 7 heteroatoms. The van der Waals surface area contributed by atoms with Crippen molar-refractivity contribution in [2.45, 2.75) is 52.1 Å². The molecule has 0 amide bonds. The van der Waals surface area contributed by atoms with E-state index in [4.69, 9.17) is 9.47 Å². The molecular formula is C12H18F3NO3. The fraction of sp³-hybridized carbons (Fsp3) is 0.750. The molecular weight excluding hydrogens is 263 g/mol. The molecule has 0 aromatic rings. The van der Waals surface area contributed by atoms with E-state index in [0.29, 0.717) is 6.42 Å². The number of carbonyl (C=O) groups is 1. The van der Waals surface area contributed by atoms with Crippen LogP contribution in [-0.2, 0) is 14.3 Å². The van der Waals surface area contributed by atoms with Crippen molar-refractivity contribution >= 4 is 5.97 Å². The topological polar surface area (TPSA) is 38.8 Å². The van der Waals surface area contributed by atoms with E-state index in [1.54, 1.807) is 20.8 Å². The maximum absolute atomic E-state index is 12.3. The minimum atomic E-state index is -4.27. The van der Waals surface area contributed by atoms with Gasteiger partial charge in [-0.05, 0) is 13.8 Å². The van der Waals surface area contributed by atoms with Gasteiger partial charge in [0.25, 0.3) is 0 Å². The van der Waals surface area contributed by atoms with Gasteiger partial charge in [0.05, 0.1) is 12.5 Å². The Morgan fingerprint density at radius 3 is 2.63 bits per heavy atom. The molecule has 1 aliphatic rings. The van der Waals surface area contributed by atoms with Crippen LogP contribution in [0.15, 0.2) is 12.0 Å². The molecule has 1 heterocycles. The van der Waals surface area contributed by atoms with E-state index in [9.17, 15) is 18.0 Å². The van der Waals surface area contributed by atoms with Gasteiger partial charge in [0.15, 0.2) is 11.9 Å². The highest BCUT2D eigenvalue weighted by molar-refractivity contribution is 5.88. The third-order valence-electron chi connectivity index (χ3n) is 2.53. The van der Waals surface area contributed by atoms with Crippen molar-refractivity contribution in [2.75, 3.05) is 6.54 Å². The second kappa shape index (κ2) is 6.16. The van der Waals surface area contributed by atoms with E-state index < -0.39 is 24.8 Å². The lowest BCUT2D eigenvalue weighted by Gasteiger charge is -2.26. The maximum atomic E-state index is 12.3. The lowest BCUT2D eigenvalue weighted by Crippen LogP contribution is -2.36. The van der Waals surface area contributed by atoms with Crippen molar-refractivity contribution in [3.8, 4) is 0 Å². The largest absolute Gasteiger partial charge is 0.476 e. The summed E-state index contributed by atoms with van der Waals surface area (Å²) in [5.41, 5.74) is 0.0461. The highest BCUT2D eigenvalue weighted by atomic mass is 19.4. The van der Waals surface area contributed by atoms with Crippen LogP contribution in [0.1, 0.15) is 33.6 Å². The van der Waals surface area contributed by atoms with Gasteiger partial charge < -0.3 is 14.4 Å². The van der Waals surface area contributed by atoms with Gasteiger partial charge in [-0.2, -0.15) is 13.2 Å². The molecule has 1 aliphatic heterocycles. The molecule has 1 rings (SSSR count). The van der Waals surface area contributed by atoms with Gasteiger partial charge in [0.1, 0.15) is 6.26 Å². The maximum Gasteiger partial charge on any atom is 0.390 e. The van der Waals surface area contributed by atoms with E-state index in [1.807, 2.05) is 0 Å². The quantitative estimate of drug-likeness (QED) is 0.726. The smallest absolute Gasteiger partial charge is 0.390 e. The Morgan fingerprint density at radius 2 is 2.16 bits per heavy atom. The number of hydrogen-bond acceptors (Lipinski definition) is 4. The molecule has 0 aromatic heterocycles. The highest BCUT2D eigenvalue weighted by Gasteiger charge is 2.35. The first-order valence-corrected chi connectivity index (χ1v) is 6.14. The Kier molecular flexibility index (Phi) is 5.08. The lowest BCUT2D eigenvalue weighted by molar-refractivity contribution is -0.149. The molecule has 0 spiro atoms. The predicted octanol–water partition coefficient (Wildman–Crippen LogP) is 2.80. The number of halogens is 3. The minimum absolute atomic E-state index is 0.0461. The van der Waals surface area contributed by atoms with E-state index in [0.717, 1.165) is 0 Å². The van der Waals surface area contributed by atoms with Crippen LogP contribution in [0.25, 0.3) is 0 Å². The summed E-state index contributed by atoms with van der Waals surface area (Å²) in [6, 6.07) is 0. The molecule has 0 bridgehead atoms. The molecule has 0 fully saturated rings. The Hall–Kier alpha value is -1.40. The molecule has 0 N–H and O–H groups in total. The summed E-state index contributed by atoms with van der Waals surface area (Å²) in [6.45, 7) is 4.80. The molecule has 0 aliphatic carbocycles. The SMILES string of the molecule is CCC1OC=C(C(=O)OC(C)C)N1CCC(F)(F)F. The Balaban J connectivity index is 2.71. The summed E-state index contributed by atoms with van der Waals surface area (Å²) >= 11 is 0. The minimum Gasteiger partial charge on any atom is -0.476 e. The van der Waals surface area contributed by atoms with E-state index in [1.165, 1.54) is 11.2 Å². The van der Waals surface area contributed by atoms with Crippen molar-refractivity contribution in [2.24, 2.45) is 0 Å². The van der Waals surface area contributed by atoms with Gasteiger partial charge in [-0.3, -0.25) is 0 Å². The number of rotatable bonds is 5. The average molecular weight is 281 g/mol. The third kappa shape index (κ3) is 4.65. The third-order valence-corrected chi connectivity index (χ3v) is 2.53. The van der Waals surface area contributed by atoms with Crippen molar-refractivity contribution in [3.05, 3.63) is 12.0 Å². The van der Waals surface area contributed by atoms with Crippen LogP contribution in [0.2, 0.25) is 0 Å². The number of alkyl halides is 3. The zero-order valence-electron chi connectivity index (χ0n) is 11.2. The number of ether oxygens (including phenoxy) is 2. The predicted molar refractivity (Wildman–Crippen MR) is 61.9 cm³/mol. The van der Waals surface area contributed by atoms with Crippen LogP contribution in [0.5, 0.6) is 0 Å². The van der Waals surface area contributed by atoms with Crippen LogP contribution in [0.4, 0.5) is 13.2 Å². The summed E-state index contributed by atoms with van der Waals surface area (Å²) in [7, 11) is 0. The van der Waals surface area contributed by atoms with Crippen molar-refractivity contribution in [1.29, 1.82) is 0 Å². The zero-order valence-corrected chi connectivity index (χ0v) is 11.2. The fourth-order valence-electron chi connectivity index (χ4n) is 1.71. The first-order valence-electron chi connectivity index (χ1n) is 6.14. The summed E-state index contributed by atoms with van der Waals surface area (Å²) in [5.74, 6) is -0.659.